The first kappa shape index (κ1) is 7.66. The molecule has 1 aromatic carbocycles. The number of halogens is 1. The molecule has 6 heteroatoms. The number of nitrogens with zero attached hydrogens (tertiary/aromatic N) is 3. The average Bonchev–Trinajstić information content (AvgIpc) is 2.62. The van der Waals surface area contributed by atoms with E-state index in [1.54, 1.807) is 0 Å². The number of nitrogens with one attached hydrogen (secondary N) is 1. The second kappa shape index (κ2) is 2.81. The summed E-state index contributed by atoms with van der Waals surface area (Å²) in [6.45, 7) is 0. The van der Waals surface area contributed by atoms with Gasteiger partial charge in [0.05, 0.1) is 0 Å². The van der Waals surface area contributed by atoms with Crippen LogP contribution in [0.25, 0.3) is 11.4 Å². The molecule has 5 nitrogen and oxygen atoms in total. The standard InChI is InChI=1S/C7H5FN4O/c8-5-3-4(1-2-6(5)13)7-9-11-12-10-7/h1-3,13H,(H,9,10,11,12). The SMILES string of the molecule is Oc1ccc(-c2nnn[nH]2)cc1F. The van der Waals surface area contributed by atoms with E-state index in [9.17, 15) is 4.39 Å². The third-order valence-electron chi connectivity index (χ3n) is 1.57. The van der Waals surface area contributed by atoms with Crippen molar-refractivity contribution in [2.45, 2.75) is 0 Å². The van der Waals surface area contributed by atoms with E-state index in [4.69, 9.17) is 5.11 Å². The lowest BCUT2D eigenvalue weighted by Gasteiger charge is -1.96. The highest BCUT2D eigenvalue weighted by molar-refractivity contribution is 5.55. The number of aromatic amines is 1. The Morgan fingerprint density at radius 3 is 2.85 bits per heavy atom. The maximum absolute atomic E-state index is 12.8. The van der Waals surface area contributed by atoms with Crippen LogP contribution in [0.3, 0.4) is 0 Å². The summed E-state index contributed by atoms with van der Waals surface area (Å²) in [6, 6.07) is 3.91. The highest BCUT2D eigenvalue weighted by Crippen LogP contribution is 2.21. The highest BCUT2D eigenvalue weighted by atomic mass is 19.1. The van der Waals surface area contributed by atoms with Crippen LogP contribution in [0.1, 0.15) is 0 Å². The molecular formula is C7H5FN4O. The molecule has 2 N–H and O–H groups in total. The van der Waals surface area contributed by atoms with Gasteiger partial charge in [0.25, 0.3) is 0 Å². The fourth-order valence-electron chi connectivity index (χ4n) is 0.936. The Labute approximate surface area is 72.2 Å². The molecule has 0 bridgehead atoms. The molecule has 0 fully saturated rings. The van der Waals surface area contributed by atoms with Crippen molar-refractivity contribution in [1.29, 1.82) is 0 Å². The quantitative estimate of drug-likeness (QED) is 0.677. The first-order valence-electron chi connectivity index (χ1n) is 3.50. The van der Waals surface area contributed by atoms with Gasteiger partial charge in [0.2, 0.25) is 0 Å². The van der Waals surface area contributed by atoms with Gasteiger partial charge in [0, 0.05) is 5.56 Å². The maximum atomic E-state index is 12.8. The molecule has 0 aliphatic carbocycles. The summed E-state index contributed by atoms with van der Waals surface area (Å²) in [7, 11) is 0. The van der Waals surface area contributed by atoms with E-state index in [0.29, 0.717) is 11.4 Å². The van der Waals surface area contributed by atoms with Crippen molar-refractivity contribution in [2.24, 2.45) is 0 Å². The molecule has 0 atom stereocenters. The summed E-state index contributed by atoms with van der Waals surface area (Å²) in [5.74, 6) is -0.732. The number of phenolic OH excluding ortho intramolecular Hbond substituents is 1. The second-order valence-electron chi connectivity index (χ2n) is 2.42. The van der Waals surface area contributed by atoms with Crippen molar-refractivity contribution in [1.82, 2.24) is 20.6 Å². The number of hydrogen-bond donors (Lipinski definition) is 2. The summed E-state index contributed by atoms with van der Waals surface area (Å²) in [4.78, 5) is 0. The fraction of sp³-hybridized carbons (Fsp3) is 0. The van der Waals surface area contributed by atoms with Gasteiger partial charge in [-0.2, -0.15) is 0 Å². The van der Waals surface area contributed by atoms with Crippen LogP contribution >= 0.6 is 0 Å². The third-order valence-corrected chi connectivity index (χ3v) is 1.57. The minimum absolute atomic E-state index is 0.360. The number of rotatable bonds is 1. The number of H-pyrrole nitrogens is 1. The fourth-order valence-corrected chi connectivity index (χ4v) is 0.936. The largest absolute Gasteiger partial charge is 0.505 e. The van der Waals surface area contributed by atoms with Crippen molar-refractivity contribution < 1.29 is 9.50 Å². The Morgan fingerprint density at radius 2 is 2.23 bits per heavy atom. The first-order chi connectivity index (χ1) is 6.27. The van der Waals surface area contributed by atoms with Gasteiger partial charge in [0.15, 0.2) is 17.4 Å². The second-order valence-corrected chi connectivity index (χ2v) is 2.42. The van der Waals surface area contributed by atoms with Crippen LogP contribution in [0.15, 0.2) is 18.2 Å². The molecule has 0 aliphatic rings. The summed E-state index contributed by atoms with van der Waals surface area (Å²) in [5, 5.41) is 21.7. The van der Waals surface area contributed by atoms with Crippen molar-refractivity contribution >= 4 is 0 Å². The minimum atomic E-state index is -0.700. The monoisotopic (exact) mass is 180 g/mol. The van der Waals surface area contributed by atoms with Gasteiger partial charge in [-0.1, -0.05) is 0 Å². The number of aromatic nitrogens is 4. The molecule has 0 amide bonds. The zero-order chi connectivity index (χ0) is 9.26. The smallest absolute Gasteiger partial charge is 0.179 e. The van der Waals surface area contributed by atoms with E-state index in [-0.39, 0.29) is 0 Å². The molecular weight excluding hydrogens is 175 g/mol. The Morgan fingerprint density at radius 1 is 1.38 bits per heavy atom. The van der Waals surface area contributed by atoms with Crippen molar-refractivity contribution in [3.05, 3.63) is 24.0 Å². The van der Waals surface area contributed by atoms with Gasteiger partial charge in [-0.15, -0.1) is 5.10 Å². The van der Waals surface area contributed by atoms with Crippen LogP contribution in [-0.4, -0.2) is 25.7 Å². The number of hydrogen-bond acceptors (Lipinski definition) is 4. The Bertz CT molecular complexity index is 414. The van der Waals surface area contributed by atoms with E-state index < -0.39 is 11.6 Å². The Hall–Kier alpha value is -1.98. The van der Waals surface area contributed by atoms with Crippen LogP contribution in [0.2, 0.25) is 0 Å². The van der Waals surface area contributed by atoms with Crippen molar-refractivity contribution in [3.63, 3.8) is 0 Å². The third kappa shape index (κ3) is 1.33. The predicted octanol–water partition coefficient (Wildman–Crippen LogP) is 0.711. The average molecular weight is 180 g/mol. The number of benzene rings is 1. The van der Waals surface area contributed by atoms with Gasteiger partial charge in [-0.25, -0.2) is 9.49 Å². The molecule has 0 aliphatic heterocycles. The van der Waals surface area contributed by atoms with E-state index in [1.807, 2.05) is 0 Å². The molecule has 2 rings (SSSR count). The molecule has 0 saturated carbocycles. The summed E-state index contributed by atoms with van der Waals surface area (Å²) < 4.78 is 12.8. The zero-order valence-corrected chi connectivity index (χ0v) is 6.40. The summed E-state index contributed by atoms with van der Waals surface area (Å²) in [6.07, 6.45) is 0. The van der Waals surface area contributed by atoms with Crippen molar-refractivity contribution in [3.8, 4) is 17.1 Å². The van der Waals surface area contributed by atoms with Gasteiger partial charge in [-0.3, -0.25) is 0 Å². The van der Waals surface area contributed by atoms with Crippen LogP contribution in [0.5, 0.6) is 5.75 Å². The number of phenols is 1. The number of aromatic hydroxyl groups is 1. The molecule has 2 aromatic rings. The highest BCUT2D eigenvalue weighted by Gasteiger charge is 2.05. The lowest BCUT2D eigenvalue weighted by molar-refractivity contribution is 0.432. The van der Waals surface area contributed by atoms with Gasteiger partial charge in [0.1, 0.15) is 0 Å². The van der Waals surface area contributed by atoms with E-state index in [2.05, 4.69) is 20.6 Å². The lowest BCUT2D eigenvalue weighted by atomic mass is 10.2. The van der Waals surface area contributed by atoms with Crippen LogP contribution in [-0.2, 0) is 0 Å². The topological polar surface area (TPSA) is 74.7 Å². The predicted molar refractivity (Wildman–Crippen MR) is 41.2 cm³/mol. The molecule has 1 heterocycles. The Kier molecular flexibility index (Phi) is 1.66. The molecule has 66 valence electrons. The molecule has 0 radical (unpaired) electrons. The van der Waals surface area contributed by atoms with E-state index >= 15 is 0 Å². The van der Waals surface area contributed by atoms with Gasteiger partial charge < -0.3 is 5.11 Å². The van der Waals surface area contributed by atoms with Crippen molar-refractivity contribution in [2.75, 3.05) is 0 Å². The van der Waals surface area contributed by atoms with Crippen LogP contribution in [0, 0.1) is 5.82 Å². The molecule has 0 saturated heterocycles. The Balaban J connectivity index is 2.49. The van der Waals surface area contributed by atoms with E-state index in [0.717, 1.165) is 6.07 Å². The number of tetrazole rings is 1. The van der Waals surface area contributed by atoms with Crippen LogP contribution < -0.4 is 0 Å². The molecule has 0 unspecified atom stereocenters. The maximum Gasteiger partial charge on any atom is 0.179 e. The van der Waals surface area contributed by atoms with Crippen LogP contribution in [0.4, 0.5) is 4.39 Å². The van der Waals surface area contributed by atoms with Gasteiger partial charge >= 0.3 is 0 Å². The normalized spacial score (nSPS) is 10.2. The first-order valence-corrected chi connectivity index (χ1v) is 3.50. The lowest BCUT2D eigenvalue weighted by Crippen LogP contribution is -1.83. The zero-order valence-electron chi connectivity index (χ0n) is 6.40. The van der Waals surface area contributed by atoms with Gasteiger partial charge in [-0.05, 0) is 28.6 Å². The van der Waals surface area contributed by atoms with E-state index in [1.165, 1.54) is 12.1 Å². The molecule has 13 heavy (non-hydrogen) atoms. The molecule has 1 aromatic heterocycles. The minimum Gasteiger partial charge on any atom is -0.505 e. The molecule has 0 spiro atoms. The summed E-state index contributed by atoms with van der Waals surface area (Å²) in [5.41, 5.74) is 0.486. The summed E-state index contributed by atoms with van der Waals surface area (Å²) >= 11 is 0.